The molecule has 1 saturated heterocycles. The molecule has 1 aliphatic rings. The monoisotopic (exact) mass is 490 g/mol. The third-order valence-corrected chi connectivity index (χ3v) is 5.51. The Morgan fingerprint density at radius 1 is 1.14 bits per heavy atom. The van der Waals surface area contributed by atoms with Crippen molar-refractivity contribution in [3.63, 3.8) is 0 Å². The van der Waals surface area contributed by atoms with Gasteiger partial charge in [0.25, 0.3) is 5.91 Å². The van der Waals surface area contributed by atoms with Gasteiger partial charge in [0.05, 0.1) is 19.8 Å². The molecule has 0 aliphatic carbocycles. The van der Waals surface area contributed by atoms with E-state index in [1.165, 1.54) is 6.08 Å². The Hall–Kier alpha value is -2.26. The van der Waals surface area contributed by atoms with Crippen LogP contribution >= 0.6 is 0 Å². The third-order valence-electron chi connectivity index (χ3n) is 5.51. The quantitative estimate of drug-likeness (QED) is 0.176. The van der Waals surface area contributed by atoms with E-state index in [2.05, 4.69) is 24.6 Å². The minimum Gasteiger partial charge on any atom is -0.458 e. The van der Waals surface area contributed by atoms with Crippen LogP contribution in [-0.4, -0.2) is 49.6 Å². The Kier molecular flexibility index (Phi) is 11.9. The van der Waals surface area contributed by atoms with Gasteiger partial charge in [-0.3, -0.25) is 14.9 Å². The lowest BCUT2D eigenvalue weighted by Gasteiger charge is -2.31. The Bertz CT molecular complexity index is 817. The van der Waals surface area contributed by atoms with Gasteiger partial charge in [0, 0.05) is 19.0 Å². The fourth-order valence-electron chi connectivity index (χ4n) is 3.68. The highest BCUT2D eigenvalue weighted by Crippen LogP contribution is 2.22. The molecular weight excluding hydrogens is 448 g/mol. The predicted molar refractivity (Wildman–Crippen MR) is 135 cm³/mol. The molecule has 1 amide bonds. The number of hydrogen-bond donors (Lipinski definition) is 2. The van der Waals surface area contributed by atoms with Crippen LogP contribution in [0.3, 0.4) is 0 Å². The number of hydroxylamine groups is 1. The van der Waals surface area contributed by atoms with Crippen molar-refractivity contribution in [1.29, 1.82) is 0 Å². The first kappa shape index (κ1) is 29.0. The summed E-state index contributed by atoms with van der Waals surface area (Å²) in [6, 6.07) is 7.78. The zero-order valence-corrected chi connectivity index (χ0v) is 22.0. The normalized spacial score (nSPS) is 18.7. The van der Waals surface area contributed by atoms with Crippen molar-refractivity contribution < 1.29 is 28.6 Å². The summed E-state index contributed by atoms with van der Waals surface area (Å²) in [5.41, 5.74) is 3.48. The topological polar surface area (TPSA) is 95.1 Å². The van der Waals surface area contributed by atoms with Crippen molar-refractivity contribution in [1.82, 2.24) is 10.8 Å². The fraction of sp³-hybridized carbons (Fsp3) is 0.630. The van der Waals surface area contributed by atoms with Crippen molar-refractivity contribution in [2.24, 2.45) is 11.8 Å². The Morgan fingerprint density at radius 3 is 2.46 bits per heavy atom. The van der Waals surface area contributed by atoms with E-state index in [9.17, 15) is 9.59 Å². The molecule has 8 heteroatoms. The Labute approximate surface area is 209 Å². The summed E-state index contributed by atoms with van der Waals surface area (Å²) in [5.74, 6) is 0.108. The van der Waals surface area contributed by atoms with Crippen molar-refractivity contribution in [3.05, 3.63) is 41.5 Å². The van der Waals surface area contributed by atoms with Gasteiger partial charge in [-0.15, -0.1) is 0 Å². The molecule has 3 atom stereocenters. The maximum absolute atomic E-state index is 12.9. The van der Waals surface area contributed by atoms with Gasteiger partial charge in [0.2, 0.25) is 0 Å². The zero-order chi connectivity index (χ0) is 25.8. The average molecular weight is 491 g/mol. The van der Waals surface area contributed by atoms with Crippen LogP contribution in [-0.2, 0) is 35.2 Å². The first-order valence-electron chi connectivity index (χ1n) is 12.5. The average Bonchev–Trinajstić information content (AvgIpc) is 3.32. The minimum absolute atomic E-state index is 0.166. The van der Waals surface area contributed by atoms with Crippen molar-refractivity contribution in [3.8, 4) is 0 Å². The summed E-state index contributed by atoms with van der Waals surface area (Å²) in [6.07, 6.45) is 3.84. The molecule has 196 valence electrons. The number of esters is 1. The van der Waals surface area contributed by atoms with Gasteiger partial charge in [0.1, 0.15) is 11.6 Å². The Morgan fingerprint density at radius 2 is 1.86 bits per heavy atom. The molecule has 0 aromatic heterocycles. The van der Waals surface area contributed by atoms with Gasteiger partial charge in [-0.05, 0) is 49.3 Å². The molecule has 2 rings (SSSR count). The first-order chi connectivity index (χ1) is 16.6. The molecular formula is C27H42N2O6. The zero-order valence-electron chi connectivity index (χ0n) is 22.0. The van der Waals surface area contributed by atoms with Gasteiger partial charge < -0.3 is 14.2 Å². The summed E-state index contributed by atoms with van der Waals surface area (Å²) < 4.78 is 16.5. The third kappa shape index (κ3) is 10.9. The van der Waals surface area contributed by atoms with Crippen molar-refractivity contribution in [2.45, 2.75) is 78.9 Å². The summed E-state index contributed by atoms with van der Waals surface area (Å²) in [5, 5.41) is 3.41. The second-order valence-corrected chi connectivity index (χ2v) is 10.1. The maximum Gasteiger partial charge on any atom is 0.326 e. The summed E-state index contributed by atoms with van der Waals surface area (Å²) in [7, 11) is 0. The van der Waals surface area contributed by atoms with E-state index < -0.39 is 11.8 Å². The van der Waals surface area contributed by atoms with Crippen molar-refractivity contribution in [2.75, 3.05) is 19.8 Å². The van der Waals surface area contributed by atoms with Crippen LogP contribution < -0.4 is 10.8 Å². The van der Waals surface area contributed by atoms with E-state index >= 15 is 0 Å². The number of carbonyl (C=O) groups excluding carboxylic acids is 2. The number of hydrogen-bond acceptors (Lipinski definition) is 7. The number of benzene rings is 1. The van der Waals surface area contributed by atoms with Crippen LogP contribution in [0, 0.1) is 11.8 Å². The lowest BCUT2D eigenvalue weighted by Crippen LogP contribution is -2.52. The van der Waals surface area contributed by atoms with Gasteiger partial charge in [-0.2, -0.15) is 0 Å². The largest absolute Gasteiger partial charge is 0.458 e. The molecule has 2 N–H and O–H groups in total. The molecule has 0 saturated carbocycles. The van der Waals surface area contributed by atoms with Crippen LogP contribution in [0.1, 0.15) is 65.5 Å². The molecule has 0 spiro atoms. The van der Waals surface area contributed by atoms with Crippen LogP contribution in [0.2, 0.25) is 0 Å². The minimum atomic E-state index is -0.788. The molecule has 1 heterocycles. The smallest absolute Gasteiger partial charge is 0.326 e. The molecule has 35 heavy (non-hydrogen) atoms. The molecule has 1 aliphatic heterocycles. The summed E-state index contributed by atoms with van der Waals surface area (Å²) >= 11 is 0. The second kappa shape index (κ2) is 14.3. The lowest BCUT2D eigenvalue weighted by atomic mass is 9.90. The van der Waals surface area contributed by atoms with Crippen LogP contribution in [0.15, 0.2) is 30.3 Å². The van der Waals surface area contributed by atoms with E-state index in [4.69, 9.17) is 19.0 Å². The maximum atomic E-state index is 12.9. The van der Waals surface area contributed by atoms with E-state index in [0.717, 1.165) is 17.5 Å². The van der Waals surface area contributed by atoms with E-state index in [0.29, 0.717) is 44.6 Å². The molecule has 1 aromatic carbocycles. The number of amides is 1. The number of nitrogens with one attached hydrogen (secondary N) is 2. The highest BCUT2D eigenvalue weighted by molar-refractivity contribution is 5.90. The van der Waals surface area contributed by atoms with Crippen LogP contribution in [0.25, 0.3) is 6.08 Å². The van der Waals surface area contributed by atoms with Gasteiger partial charge in [-0.25, -0.2) is 10.3 Å². The summed E-state index contributed by atoms with van der Waals surface area (Å²) in [6.45, 7) is 14.1. The van der Waals surface area contributed by atoms with E-state index in [1.807, 2.05) is 45.0 Å². The fourth-order valence-corrected chi connectivity index (χ4v) is 3.68. The number of ether oxygens (including phenoxy) is 3. The van der Waals surface area contributed by atoms with Gasteiger partial charge in [0.15, 0.2) is 6.29 Å². The van der Waals surface area contributed by atoms with Gasteiger partial charge in [-0.1, -0.05) is 52.0 Å². The molecule has 0 bridgehead atoms. The summed E-state index contributed by atoms with van der Waals surface area (Å²) in [4.78, 5) is 30.1. The van der Waals surface area contributed by atoms with Gasteiger partial charge >= 0.3 is 5.97 Å². The second-order valence-electron chi connectivity index (χ2n) is 10.1. The Balaban J connectivity index is 1.85. The van der Waals surface area contributed by atoms with Crippen LogP contribution in [0.4, 0.5) is 0 Å². The number of rotatable bonds is 14. The number of carbonyl (C=O) groups is 2. The van der Waals surface area contributed by atoms with E-state index in [-0.39, 0.29) is 18.0 Å². The molecule has 1 fully saturated rings. The predicted octanol–water partition coefficient (Wildman–Crippen LogP) is 3.99. The van der Waals surface area contributed by atoms with Crippen molar-refractivity contribution >= 4 is 18.0 Å². The standard InChI is InChI=1S/C27H42N2O6/c1-19(2)15-27(6,26(31)34-24-13-14-32-18-24)28-16-23-9-7-22(8-10-23)11-12-25(30)29-35-21(5)33-17-20(3)4/h7-12,19-21,24,28H,13-18H2,1-6H3,(H,29,30)/b12-11+/t21?,24?,27-/m1/s1. The molecule has 1 aromatic rings. The highest BCUT2D eigenvalue weighted by Gasteiger charge is 2.37. The molecule has 8 nitrogen and oxygen atoms in total. The van der Waals surface area contributed by atoms with E-state index in [1.54, 1.807) is 13.0 Å². The first-order valence-corrected chi connectivity index (χ1v) is 12.5. The lowest BCUT2D eigenvalue weighted by molar-refractivity contribution is -0.180. The highest BCUT2D eigenvalue weighted by atomic mass is 16.8. The van der Waals surface area contributed by atoms with Crippen LogP contribution in [0.5, 0.6) is 0 Å². The molecule has 2 unspecified atom stereocenters. The SMILES string of the molecule is CC(C)COC(C)ONC(=O)/C=C/c1ccc(CN[C@](C)(CC(C)C)C(=O)OC2CCOC2)cc1. The molecule has 0 radical (unpaired) electrons.